The topological polar surface area (TPSA) is 73.9 Å². The molecule has 0 fully saturated rings. The molecule has 1 amide bonds. The first-order valence-corrected chi connectivity index (χ1v) is 8.56. The van der Waals surface area contributed by atoms with Gasteiger partial charge in [0.05, 0.1) is 13.5 Å². The van der Waals surface area contributed by atoms with Gasteiger partial charge in [0.2, 0.25) is 0 Å². The van der Waals surface area contributed by atoms with Gasteiger partial charge in [-0.1, -0.05) is 30.3 Å². The molecule has 0 heterocycles. The van der Waals surface area contributed by atoms with Crippen LogP contribution < -0.4 is 14.8 Å². The molecule has 150 valence electrons. The SMILES string of the molecule is COc1ccccc1CC(=O)OCC(=O)NCCc1ccc(OC(F)F)cc1. The lowest BCUT2D eigenvalue weighted by Crippen LogP contribution is -2.30. The van der Waals surface area contributed by atoms with Gasteiger partial charge in [0.25, 0.3) is 5.91 Å². The summed E-state index contributed by atoms with van der Waals surface area (Å²) >= 11 is 0. The van der Waals surface area contributed by atoms with Gasteiger partial charge in [0, 0.05) is 12.1 Å². The molecule has 0 aliphatic heterocycles. The van der Waals surface area contributed by atoms with Crippen LogP contribution in [-0.4, -0.2) is 38.7 Å². The lowest BCUT2D eigenvalue weighted by atomic mass is 10.1. The van der Waals surface area contributed by atoms with Crippen LogP contribution in [0.5, 0.6) is 11.5 Å². The third-order valence-corrected chi connectivity index (χ3v) is 3.78. The highest BCUT2D eigenvalue weighted by molar-refractivity contribution is 5.81. The summed E-state index contributed by atoms with van der Waals surface area (Å²) in [6, 6.07) is 13.2. The normalized spacial score (nSPS) is 10.4. The molecule has 2 rings (SSSR count). The number of rotatable bonds is 10. The van der Waals surface area contributed by atoms with E-state index < -0.39 is 18.5 Å². The van der Waals surface area contributed by atoms with Crippen molar-refractivity contribution in [3.8, 4) is 11.5 Å². The van der Waals surface area contributed by atoms with Gasteiger partial charge in [-0.15, -0.1) is 0 Å². The number of para-hydroxylation sites is 1. The lowest BCUT2D eigenvalue weighted by molar-refractivity contribution is -0.147. The molecular weight excluding hydrogens is 372 g/mol. The molecule has 0 bridgehead atoms. The molecule has 6 nitrogen and oxygen atoms in total. The van der Waals surface area contributed by atoms with Gasteiger partial charge in [-0.2, -0.15) is 8.78 Å². The second-order valence-electron chi connectivity index (χ2n) is 5.77. The fraction of sp³-hybridized carbons (Fsp3) is 0.300. The van der Waals surface area contributed by atoms with Crippen molar-refractivity contribution < 1.29 is 32.6 Å². The number of halogens is 2. The molecule has 8 heteroatoms. The van der Waals surface area contributed by atoms with Gasteiger partial charge in [-0.3, -0.25) is 9.59 Å². The van der Waals surface area contributed by atoms with Crippen molar-refractivity contribution in [3.05, 3.63) is 59.7 Å². The number of nitrogens with one attached hydrogen (secondary N) is 1. The van der Waals surface area contributed by atoms with Gasteiger partial charge < -0.3 is 19.5 Å². The number of ether oxygens (including phenoxy) is 3. The Labute approximate surface area is 161 Å². The van der Waals surface area contributed by atoms with Crippen LogP contribution >= 0.6 is 0 Å². The quantitative estimate of drug-likeness (QED) is 0.629. The Morgan fingerprint density at radius 1 is 1.07 bits per heavy atom. The smallest absolute Gasteiger partial charge is 0.387 e. The fourth-order valence-corrected chi connectivity index (χ4v) is 2.44. The zero-order valence-corrected chi connectivity index (χ0v) is 15.3. The van der Waals surface area contributed by atoms with E-state index in [1.807, 2.05) is 0 Å². The second-order valence-corrected chi connectivity index (χ2v) is 5.77. The Kier molecular flexibility index (Phi) is 8.20. The Balaban J connectivity index is 1.67. The number of carbonyl (C=O) groups is 2. The first-order valence-electron chi connectivity index (χ1n) is 8.56. The Morgan fingerprint density at radius 2 is 1.79 bits per heavy atom. The number of methoxy groups -OCH3 is 1. The standard InChI is InChI=1S/C20H21F2NO5/c1-26-17-5-3-2-4-15(17)12-19(25)27-13-18(24)23-11-10-14-6-8-16(9-7-14)28-20(21)22/h2-9,20H,10-13H2,1H3,(H,23,24). The molecule has 0 aliphatic carbocycles. The fourth-order valence-electron chi connectivity index (χ4n) is 2.44. The molecule has 2 aromatic carbocycles. The number of carbonyl (C=O) groups excluding carboxylic acids is 2. The zero-order chi connectivity index (χ0) is 20.4. The highest BCUT2D eigenvalue weighted by atomic mass is 19.3. The van der Waals surface area contributed by atoms with Crippen molar-refractivity contribution in [2.75, 3.05) is 20.3 Å². The van der Waals surface area contributed by atoms with Crippen LogP contribution in [0.25, 0.3) is 0 Å². The summed E-state index contributed by atoms with van der Waals surface area (Å²) in [6.45, 7) is -2.93. The van der Waals surface area contributed by atoms with E-state index >= 15 is 0 Å². The largest absolute Gasteiger partial charge is 0.496 e. The Morgan fingerprint density at radius 3 is 2.46 bits per heavy atom. The second kappa shape index (κ2) is 10.9. The van der Waals surface area contributed by atoms with Crippen LogP contribution in [0, 0.1) is 0 Å². The highest BCUT2D eigenvalue weighted by Crippen LogP contribution is 2.18. The van der Waals surface area contributed by atoms with E-state index in [9.17, 15) is 18.4 Å². The van der Waals surface area contributed by atoms with Crippen molar-refractivity contribution >= 4 is 11.9 Å². The molecule has 0 spiro atoms. The van der Waals surface area contributed by atoms with Gasteiger partial charge in [-0.25, -0.2) is 0 Å². The summed E-state index contributed by atoms with van der Waals surface area (Å²) in [4.78, 5) is 23.6. The average Bonchev–Trinajstić information content (AvgIpc) is 2.68. The Bertz CT molecular complexity index is 780. The number of amides is 1. The summed E-state index contributed by atoms with van der Waals surface area (Å²) in [5, 5.41) is 2.63. The van der Waals surface area contributed by atoms with E-state index in [2.05, 4.69) is 10.1 Å². The zero-order valence-electron chi connectivity index (χ0n) is 15.3. The van der Waals surface area contributed by atoms with Gasteiger partial charge >= 0.3 is 12.6 Å². The minimum absolute atomic E-state index is 0.00430. The van der Waals surface area contributed by atoms with E-state index in [1.165, 1.54) is 19.2 Å². The van der Waals surface area contributed by atoms with Crippen LogP contribution in [-0.2, 0) is 27.2 Å². The van der Waals surface area contributed by atoms with Gasteiger partial charge in [0.1, 0.15) is 11.5 Å². The maximum atomic E-state index is 12.1. The summed E-state index contributed by atoms with van der Waals surface area (Å²) < 4.78 is 38.6. The number of hydrogen-bond donors (Lipinski definition) is 1. The van der Waals surface area contributed by atoms with Crippen LogP contribution in [0.15, 0.2) is 48.5 Å². The van der Waals surface area contributed by atoms with Crippen molar-refractivity contribution in [1.82, 2.24) is 5.32 Å². The summed E-state index contributed by atoms with van der Waals surface area (Å²) in [5.74, 6) is -0.307. The Hall–Kier alpha value is -3.16. The van der Waals surface area contributed by atoms with E-state index in [-0.39, 0.29) is 18.8 Å². The van der Waals surface area contributed by atoms with Crippen LogP contribution in [0.2, 0.25) is 0 Å². The van der Waals surface area contributed by atoms with Crippen LogP contribution in [0.1, 0.15) is 11.1 Å². The minimum atomic E-state index is -2.86. The maximum Gasteiger partial charge on any atom is 0.387 e. The summed E-state index contributed by atoms with van der Waals surface area (Å²) in [6.07, 6.45) is 0.500. The van der Waals surface area contributed by atoms with E-state index in [0.29, 0.717) is 24.3 Å². The molecule has 0 aliphatic rings. The van der Waals surface area contributed by atoms with Crippen molar-refractivity contribution in [2.24, 2.45) is 0 Å². The third kappa shape index (κ3) is 7.22. The van der Waals surface area contributed by atoms with E-state index in [4.69, 9.17) is 9.47 Å². The molecule has 1 N–H and O–H groups in total. The minimum Gasteiger partial charge on any atom is -0.496 e. The maximum absolute atomic E-state index is 12.1. The van der Waals surface area contributed by atoms with Gasteiger partial charge in [0.15, 0.2) is 6.61 Å². The predicted molar refractivity (Wildman–Crippen MR) is 97.4 cm³/mol. The lowest BCUT2D eigenvalue weighted by Gasteiger charge is -2.09. The average molecular weight is 393 g/mol. The number of benzene rings is 2. The highest BCUT2D eigenvalue weighted by Gasteiger charge is 2.11. The van der Waals surface area contributed by atoms with Gasteiger partial charge in [-0.05, 0) is 30.2 Å². The van der Waals surface area contributed by atoms with E-state index in [0.717, 1.165) is 5.56 Å². The first kappa shape index (κ1) is 21.1. The van der Waals surface area contributed by atoms with E-state index in [1.54, 1.807) is 36.4 Å². The van der Waals surface area contributed by atoms with Crippen molar-refractivity contribution in [3.63, 3.8) is 0 Å². The predicted octanol–water partition coefficient (Wildman–Crippen LogP) is 2.74. The molecule has 2 aromatic rings. The molecule has 0 aromatic heterocycles. The third-order valence-electron chi connectivity index (χ3n) is 3.78. The molecule has 28 heavy (non-hydrogen) atoms. The number of hydrogen-bond acceptors (Lipinski definition) is 5. The first-order chi connectivity index (χ1) is 13.5. The molecular formula is C20H21F2NO5. The monoisotopic (exact) mass is 393 g/mol. The van der Waals surface area contributed by atoms with Crippen molar-refractivity contribution in [1.29, 1.82) is 0 Å². The van der Waals surface area contributed by atoms with Crippen LogP contribution in [0.3, 0.4) is 0 Å². The molecule has 0 unspecified atom stereocenters. The molecule has 0 saturated heterocycles. The van der Waals surface area contributed by atoms with Crippen molar-refractivity contribution in [2.45, 2.75) is 19.5 Å². The molecule has 0 saturated carbocycles. The molecule has 0 atom stereocenters. The number of esters is 1. The summed E-state index contributed by atoms with van der Waals surface area (Å²) in [7, 11) is 1.51. The molecule has 0 radical (unpaired) electrons. The number of alkyl halides is 2. The van der Waals surface area contributed by atoms with Crippen LogP contribution in [0.4, 0.5) is 8.78 Å². The summed E-state index contributed by atoms with van der Waals surface area (Å²) in [5.41, 5.74) is 1.52.